The van der Waals surface area contributed by atoms with Gasteiger partial charge in [-0.3, -0.25) is 14.4 Å². The Bertz CT molecular complexity index is 1490. The Morgan fingerprint density at radius 3 is 2.24 bits per heavy atom. The van der Waals surface area contributed by atoms with Gasteiger partial charge in [0, 0.05) is 24.4 Å². The van der Waals surface area contributed by atoms with Gasteiger partial charge in [0.05, 0.1) is 12.5 Å². The van der Waals surface area contributed by atoms with E-state index in [1.807, 2.05) is 32.8 Å². The van der Waals surface area contributed by atoms with Crippen LogP contribution in [0.5, 0.6) is 0 Å². The van der Waals surface area contributed by atoms with Crippen LogP contribution in [0, 0.1) is 37.2 Å². The number of likely N-dealkylation sites (N-methyl/N-ethyl adjacent to an activating group) is 1. The largest absolute Gasteiger partial charge is 0.481 e. The number of carbonyl (C=O) groups is 2. The van der Waals surface area contributed by atoms with E-state index in [1.54, 1.807) is 26.1 Å². The Balaban J connectivity index is 2.08. The highest BCUT2D eigenvalue weighted by molar-refractivity contribution is 5.82. The molecule has 2 aromatic carbocycles. The van der Waals surface area contributed by atoms with E-state index in [9.17, 15) is 28.3 Å². The molecule has 3 aromatic rings. The first-order valence-electron chi connectivity index (χ1n) is 13.8. The second-order valence-electron chi connectivity index (χ2n) is 11.4. The molecule has 0 aliphatic carbocycles. The number of aliphatic carboxylic acids is 1. The van der Waals surface area contributed by atoms with E-state index in [0.717, 1.165) is 11.6 Å². The Morgan fingerprint density at radius 1 is 1.02 bits per heavy atom. The van der Waals surface area contributed by atoms with Crippen molar-refractivity contribution in [3.05, 3.63) is 92.7 Å². The average Bonchev–Trinajstić information content (AvgIpc) is 2.87. The number of carbonyl (C=O) groups excluding carboxylic acids is 1. The van der Waals surface area contributed by atoms with Gasteiger partial charge in [-0.05, 0) is 98.8 Å². The van der Waals surface area contributed by atoms with E-state index >= 15 is 4.39 Å². The van der Waals surface area contributed by atoms with E-state index in [0.29, 0.717) is 29.7 Å². The van der Waals surface area contributed by atoms with Crippen LogP contribution in [-0.2, 0) is 16.0 Å². The fourth-order valence-corrected chi connectivity index (χ4v) is 5.14. The molecular weight excluding hydrogens is 547 g/mol. The van der Waals surface area contributed by atoms with Crippen LogP contribution in [0.2, 0.25) is 0 Å². The lowest BCUT2D eigenvalue weighted by Gasteiger charge is -2.26. The molecule has 0 spiro atoms. The van der Waals surface area contributed by atoms with E-state index < -0.39 is 53.4 Å². The zero-order valence-electron chi connectivity index (χ0n) is 24.8. The Morgan fingerprint density at radius 2 is 1.67 bits per heavy atom. The predicted octanol–water partition coefficient (Wildman–Crippen LogP) is 5.57. The van der Waals surface area contributed by atoms with Crippen LogP contribution in [0.1, 0.15) is 61.0 Å². The molecule has 0 bridgehead atoms. The highest BCUT2D eigenvalue weighted by Crippen LogP contribution is 2.34. The minimum absolute atomic E-state index is 0.0297. The van der Waals surface area contributed by atoms with Gasteiger partial charge in [-0.1, -0.05) is 19.9 Å². The van der Waals surface area contributed by atoms with Gasteiger partial charge in [-0.2, -0.15) is 0 Å². The summed E-state index contributed by atoms with van der Waals surface area (Å²) in [5.41, 5.74) is 1.70. The molecule has 226 valence electrons. The van der Waals surface area contributed by atoms with Gasteiger partial charge >= 0.3 is 5.97 Å². The first-order chi connectivity index (χ1) is 19.7. The first-order valence-corrected chi connectivity index (χ1v) is 13.8. The maximum atomic E-state index is 15.3. The zero-order chi connectivity index (χ0) is 31.3. The van der Waals surface area contributed by atoms with E-state index in [4.69, 9.17) is 0 Å². The van der Waals surface area contributed by atoms with Crippen LogP contribution in [0.3, 0.4) is 0 Å². The highest BCUT2D eigenvalue weighted by atomic mass is 19.2. The number of hydrogen-bond acceptors (Lipinski definition) is 4. The molecule has 10 heteroatoms. The quantitative estimate of drug-likeness (QED) is 0.290. The number of nitrogens with zero attached hydrogens (tertiary/aromatic N) is 2. The molecule has 1 aromatic heterocycles. The van der Waals surface area contributed by atoms with Gasteiger partial charge in [0.1, 0.15) is 11.9 Å². The Kier molecular flexibility index (Phi) is 10.7. The molecule has 2 N–H and O–H groups in total. The molecule has 42 heavy (non-hydrogen) atoms. The monoisotopic (exact) mass is 585 g/mol. The average molecular weight is 586 g/mol. The standard InChI is InChI=1S/C32H38F3N3O4/c1-18(2)11-27(38-17-21(7-8-28(38)39)9-10-37(5)6)32(42)36-26(16-29(40)41)24-14-22(15-25(34)31(24)35)30-19(3)12-23(33)13-20(30)4/h7-8,12-15,17-18,26-27H,9-11,16H2,1-6H3,(H,36,42)(H,40,41)/t26-,27?/m0/s1. The number of pyridine rings is 1. The lowest BCUT2D eigenvalue weighted by molar-refractivity contribution is -0.138. The molecule has 0 radical (unpaired) electrons. The molecule has 0 aliphatic heterocycles. The summed E-state index contributed by atoms with van der Waals surface area (Å²) in [5, 5.41) is 12.2. The maximum absolute atomic E-state index is 15.3. The molecule has 0 aliphatic rings. The number of amides is 1. The molecule has 1 heterocycles. The molecule has 2 atom stereocenters. The fraction of sp³-hybridized carbons (Fsp3) is 0.406. The number of rotatable bonds is 12. The lowest BCUT2D eigenvalue weighted by Crippen LogP contribution is -2.40. The SMILES string of the molecule is Cc1cc(F)cc(C)c1-c1cc(F)c(F)c([C@H](CC(=O)O)NC(=O)C(CC(C)C)n2cc(CCN(C)C)ccc2=O)c1. The summed E-state index contributed by atoms with van der Waals surface area (Å²) in [6.45, 7) is 7.73. The Labute approximate surface area is 244 Å². The van der Waals surface area contributed by atoms with Crippen molar-refractivity contribution < 1.29 is 27.9 Å². The summed E-state index contributed by atoms with van der Waals surface area (Å²) in [4.78, 5) is 40.5. The van der Waals surface area contributed by atoms with Crippen LogP contribution >= 0.6 is 0 Å². The summed E-state index contributed by atoms with van der Waals surface area (Å²) in [7, 11) is 3.84. The van der Waals surface area contributed by atoms with Crippen LogP contribution in [-0.4, -0.2) is 47.1 Å². The van der Waals surface area contributed by atoms with Crippen molar-refractivity contribution in [1.82, 2.24) is 14.8 Å². The topological polar surface area (TPSA) is 91.6 Å². The minimum atomic E-state index is -1.45. The third-order valence-corrected chi connectivity index (χ3v) is 7.09. The number of halogens is 3. The second-order valence-corrected chi connectivity index (χ2v) is 11.4. The Hall–Kier alpha value is -3.92. The summed E-state index contributed by atoms with van der Waals surface area (Å²) in [5.74, 6) is -5.09. The molecule has 0 saturated heterocycles. The molecule has 3 rings (SSSR count). The highest BCUT2D eigenvalue weighted by Gasteiger charge is 2.29. The normalized spacial score (nSPS) is 12.9. The number of nitrogens with one attached hydrogen (secondary N) is 1. The number of aryl methyl sites for hydroxylation is 2. The van der Waals surface area contributed by atoms with E-state index in [-0.39, 0.29) is 23.5 Å². The van der Waals surface area contributed by atoms with Gasteiger partial charge in [0.25, 0.3) is 5.56 Å². The summed E-state index contributed by atoms with van der Waals surface area (Å²) in [6.07, 6.45) is 1.75. The zero-order valence-corrected chi connectivity index (χ0v) is 24.8. The minimum Gasteiger partial charge on any atom is -0.481 e. The smallest absolute Gasteiger partial charge is 0.305 e. The number of hydrogen-bond donors (Lipinski definition) is 2. The van der Waals surface area contributed by atoms with Gasteiger partial charge in [0.2, 0.25) is 5.91 Å². The summed E-state index contributed by atoms with van der Waals surface area (Å²) < 4.78 is 45.5. The number of carboxylic acid groups (broad SMARTS) is 1. The summed E-state index contributed by atoms with van der Waals surface area (Å²) >= 11 is 0. The molecule has 7 nitrogen and oxygen atoms in total. The molecule has 1 amide bonds. The molecular formula is C32H38F3N3O4. The lowest BCUT2D eigenvalue weighted by atomic mass is 9.91. The number of aromatic nitrogens is 1. The fourth-order valence-electron chi connectivity index (χ4n) is 5.14. The third kappa shape index (κ3) is 8.09. The molecule has 0 saturated carbocycles. The van der Waals surface area contributed by atoms with Gasteiger partial charge in [0.15, 0.2) is 11.6 Å². The van der Waals surface area contributed by atoms with Crippen LogP contribution < -0.4 is 10.9 Å². The van der Waals surface area contributed by atoms with E-state index in [2.05, 4.69) is 5.32 Å². The molecule has 0 fully saturated rings. The predicted molar refractivity (Wildman–Crippen MR) is 156 cm³/mol. The number of carboxylic acids is 1. The van der Waals surface area contributed by atoms with Crippen molar-refractivity contribution in [3.8, 4) is 11.1 Å². The second kappa shape index (κ2) is 13.8. The first kappa shape index (κ1) is 32.6. The van der Waals surface area contributed by atoms with Crippen molar-refractivity contribution in [2.75, 3.05) is 20.6 Å². The van der Waals surface area contributed by atoms with Crippen molar-refractivity contribution in [2.24, 2.45) is 5.92 Å². The van der Waals surface area contributed by atoms with Crippen molar-refractivity contribution in [3.63, 3.8) is 0 Å². The van der Waals surface area contributed by atoms with E-state index in [1.165, 1.54) is 28.8 Å². The van der Waals surface area contributed by atoms with Gasteiger partial charge < -0.3 is 19.9 Å². The van der Waals surface area contributed by atoms with Crippen LogP contribution in [0.15, 0.2) is 47.4 Å². The van der Waals surface area contributed by atoms with Crippen LogP contribution in [0.4, 0.5) is 13.2 Å². The maximum Gasteiger partial charge on any atom is 0.305 e. The number of benzene rings is 2. The van der Waals surface area contributed by atoms with Crippen molar-refractivity contribution in [1.29, 1.82) is 0 Å². The van der Waals surface area contributed by atoms with Crippen molar-refractivity contribution in [2.45, 2.75) is 59.0 Å². The third-order valence-electron chi connectivity index (χ3n) is 7.09. The van der Waals surface area contributed by atoms with Gasteiger partial charge in [-0.15, -0.1) is 0 Å². The molecule has 1 unspecified atom stereocenters. The van der Waals surface area contributed by atoms with Crippen LogP contribution in [0.25, 0.3) is 11.1 Å². The van der Waals surface area contributed by atoms with Gasteiger partial charge in [-0.25, -0.2) is 13.2 Å². The summed E-state index contributed by atoms with van der Waals surface area (Å²) in [6, 6.07) is 5.38. The van der Waals surface area contributed by atoms with Crippen molar-refractivity contribution >= 4 is 11.9 Å².